The summed E-state index contributed by atoms with van der Waals surface area (Å²) in [5, 5.41) is 3.41. The van der Waals surface area contributed by atoms with Gasteiger partial charge in [0, 0.05) is 25.6 Å². The van der Waals surface area contributed by atoms with Gasteiger partial charge in [-0.3, -0.25) is 4.79 Å². The number of carbonyl (C=O) groups excluding carboxylic acids is 1. The van der Waals surface area contributed by atoms with Crippen LogP contribution in [0.4, 0.5) is 13.2 Å². The lowest BCUT2D eigenvalue weighted by Gasteiger charge is -2.28. The average molecular weight is 374 g/mol. The van der Waals surface area contributed by atoms with Gasteiger partial charge in [0.1, 0.15) is 0 Å². The van der Waals surface area contributed by atoms with E-state index in [-0.39, 0.29) is 18.4 Å². The van der Waals surface area contributed by atoms with Gasteiger partial charge < -0.3 is 10.2 Å². The van der Waals surface area contributed by atoms with Crippen molar-refractivity contribution in [3.8, 4) is 0 Å². The molecule has 6 heteroatoms. The van der Waals surface area contributed by atoms with E-state index in [0.717, 1.165) is 30.8 Å². The summed E-state index contributed by atoms with van der Waals surface area (Å²) in [5.74, 6) is 0.772. The van der Waals surface area contributed by atoms with Crippen molar-refractivity contribution in [2.24, 2.45) is 11.8 Å². The van der Waals surface area contributed by atoms with E-state index in [4.69, 9.17) is 0 Å². The number of nitrogens with zero attached hydrogens (tertiary/aromatic N) is 1. The highest BCUT2D eigenvalue weighted by Crippen LogP contribution is 2.42. The van der Waals surface area contributed by atoms with E-state index in [2.05, 4.69) is 5.32 Å². The third-order valence-electron chi connectivity index (χ3n) is 5.66. The molecule has 27 heavy (non-hydrogen) atoms. The quantitative estimate of drug-likeness (QED) is 0.889. The zero-order valence-electron chi connectivity index (χ0n) is 14.7. The van der Waals surface area contributed by atoms with Crippen molar-refractivity contribution >= 4 is 5.91 Å². The Morgan fingerprint density at radius 3 is 2.41 bits per heavy atom. The number of benzene rings is 2. The smallest absolute Gasteiger partial charge is 0.335 e. The Bertz CT molecular complexity index is 804. The summed E-state index contributed by atoms with van der Waals surface area (Å²) in [6, 6.07) is 14.9. The summed E-state index contributed by atoms with van der Waals surface area (Å²) in [6.45, 7) is 2.48. The van der Waals surface area contributed by atoms with Gasteiger partial charge in [-0.05, 0) is 29.2 Å². The zero-order chi connectivity index (χ0) is 19.0. The number of rotatable bonds is 3. The van der Waals surface area contributed by atoms with E-state index in [0.29, 0.717) is 23.9 Å². The number of nitrogens with one attached hydrogen (secondary N) is 1. The number of amides is 1. The number of carbonyl (C=O) groups is 1. The van der Waals surface area contributed by atoms with Gasteiger partial charge in [0.05, 0.1) is 18.0 Å². The fraction of sp³-hybridized carbons (Fsp3) is 0.381. The molecular formula is C21H21F3N2O. The molecule has 0 radical (unpaired) electrons. The van der Waals surface area contributed by atoms with Crippen LogP contribution in [-0.2, 0) is 17.4 Å². The molecule has 2 aromatic carbocycles. The van der Waals surface area contributed by atoms with E-state index in [1.807, 2.05) is 35.2 Å². The molecule has 1 amide bonds. The first kappa shape index (κ1) is 18.0. The first-order valence-electron chi connectivity index (χ1n) is 9.15. The molecule has 2 aliphatic heterocycles. The molecule has 0 unspecified atom stereocenters. The standard InChI is InChI=1S/C21H21F3N2O/c22-21(23,24)17-8-6-14(7-9-17)10-19(27)26-13-16-11-25-12-18(16)20(26)15-4-2-1-3-5-15/h1-9,16,18,20,25H,10-13H2/t16-,18-,20+/m0/s1. The molecule has 3 atom stereocenters. The Morgan fingerprint density at radius 2 is 1.74 bits per heavy atom. The van der Waals surface area contributed by atoms with Crippen molar-refractivity contribution in [3.05, 3.63) is 71.3 Å². The summed E-state index contributed by atoms with van der Waals surface area (Å²) in [6.07, 6.45) is -4.24. The van der Waals surface area contributed by atoms with Crippen molar-refractivity contribution in [2.75, 3.05) is 19.6 Å². The Balaban J connectivity index is 1.53. The zero-order valence-corrected chi connectivity index (χ0v) is 14.7. The minimum absolute atomic E-state index is 0.0214. The van der Waals surface area contributed by atoms with E-state index in [1.165, 1.54) is 12.1 Å². The van der Waals surface area contributed by atoms with Crippen molar-refractivity contribution in [3.63, 3.8) is 0 Å². The molecule has 0 spiro atoms. The topological polar surface area (TPSA) is 32.3 Å². The highest BCUT2D eigenvalue weighted by atomic mass is 19.4. The number of halogens is 3. The first-order chi connectivity index (χ1) is 12.9. The lowest BCUT2D eigenvalue weighted by molar-refractivity contribution is -0.137. The highest BCUT2D eigenvalue weighted by molar-refractivity contribution is 5.79. The lowest BCUT2D eigenvalue weighted by atomic mass is 9.89. The second kappa shape index (κ2) is 7.00. The largest absolute Gasteiger partial charge is 0.416 e. The second-order valence-corrected chi connectivity index (χ2v) is 7.36. The van der Waals surface area contributed by atoms with E-state index in [1.54, 1.807) is 0 Å². The van der Waals surface area contributed by atoms with Crippen molar-refractivity contribution < 1.29 is 18.0 Å². The molecule has 0 aliphatic carbocycles. The molecule has 0 saturated carbocycles. The van der Waals surface area contributed by atoms with Crippen LogP contribution in [0.25, 0.3) is 0 Å². The summed E-state index contributed by atoms with van der Waals surface area (Å²) in [7, 11) is 0. The van der Waals surface area contributed by atoms with E-state index >= 15 is 0 Å². The Kier molecular flexibility index (Phi) is 4.68. The van der Waals surface area contributed by atoms with Crippen LogP contribution < -0.4 is 5.32 Å². The van der Waals surface area contributed by atoms with Crippen LogP contribution in [0, 0.1) is 11.8 Å². The van der Waals surface area contributed by atoms with Gasteiger partial charge in [-0.2, -0.15) is 13.2 Å². The Hall–Kier alpha value is -2.34. The molecule has 0 aromatic heterocycles. The fourth-order valence-corrected chi connectivity index (χ4v) is 4.34. The number of hydrogen-bond donors (Lipinski definition) is 1. The monoisotopic (exact) mass is 374 g/mol. The molecule has 1 N–H and O–H groups in total. The molecule has 2 fully saturated rings. The summed E-state index contributed by atoms with van der Waals surface area (Å²) < 4.78 is 38.2. The third kappa shape index (κ3) is 3.58. The minimum atomic E-state index is -4.36. The normalized spacial score (nSPS) is 24.9. The predicted octanol–water partition coefficient (Wildman–Crippen LogP) is 3.67. The van der Waals surface area contributed by atoms with Crippen LogP contribution in [-0.4, -0.2) is 30.4 Å². The lowest BCUT2D eigenvalue weighted by Crippen LogP contribution is -2.35. The fourth-order valence-electron chi connectivity index (χ4n) is 4.34. The number of fused-ring (bicyclic) bond motifs is 1. The van der Waals surface area contributed by atoms with Crippen LogP contribution in [0.3, 0.4) is 0 Å². The molecule has 4 rings (SSSR count). The molecule has 142 valence electrons. The minimum Gasteiger partial charge on any atom is -0.335 e. The average Bonchev–Trinajstić information content (AvgIpc) is 3.23. The molecule has 2 saturated heterocycles. The van der Waals surface area contributed by atoms with Gasteiger partial charge in [-0.1, -0.05) is 42.5 Å². The van der Waals surface area contributed by atoms with E-state index in [9.17, 15) is 18.0 Å². The van der Waals surface area contributed by atoms with Gasteiger partial charge in [0.2, 0.25) is 5.91 Å². The summed E-state index contributed by atoms with van der Waals surface area (Å²) in [4.78, 5) is 14.9. The van der Waals surface area contributed by atoms with Crippen molar-refractivity contribution in [2.45, 2.75) is 18.6 Å². The highest BCUT2D eigenvalue weighted by Gasteiger charge is 2.46. The predicted molar refractivity (Wildman–Crippen MR) is 95.9 cm³/mol. The van der Waals surface area contributed by atoms with Crippen LogP contribution in [0.5, 0.6) is 0 Å². The second-order valence-electron chi connectivity index (χ2n) is 7.36. The Labute approximate surface area is 156 Å². The SMILES string of the molecule is O=C(Cc1ccc(C(F)(F)F)cc1)N1C[C@@H]2CNC[C@@H]2[C@H]1c1ccccc1. The summed E-state index contributed by atoms with van der Waals surface area (Å²) >= 11 is 0. The van der Waals surface area contributed by atoms with Gasteiger partial charge in [0.25, 0.3) is 0 Å². The Morgan fingerprint density at radius 1 is 1.04 bits per heavy atom. The molecule has 2 heterocycles. The molecule has 0 bridgehead atoms. The van der Waals surface area contributed by atoms with Crippen LogP contribution in [0.15, 0.2) is 54.6 Å². The van der Waals surface area contributed by atoms with E-state index < -0.39 is 11.7 Å². The molecule has 2 aromatic rings. The van der Waals surface area contributed by atoms with Crippen LogP contribution >= 0.6 is 0 Å². The maximum absolute atomic E-state index is 13.0. The van der Waals surface area contributed by atoms with Gasteiger partial charge >= 0.3 is 6.18 Å². The maximum atomic E-state index is 13.0. The van der Waals surface area contributed by atoms with Crippen LogP contribution in [0.1, 0.15) is 22.7 Å². The number of alkyl halides is 3. The van der Waals surface area contributed by atoms with Crippen molar-refractivity contribution in [1.82, 2.24) is 10.2 Å². The molecule has 3 nitrogen and oxygen atoms in total. The third-order valence-corrected chi connectivity index (χ3v) is 5.66. The first-order valence-corrected chi connectivity index (χ1v) is 9.15. The molecular weight excluding hydrogens is 353 g/mol. The molecule has 2 aliphatic rings. The van der Waals surface area contributed by atoms with Crippen LogP contribution in [0.2, 0.25) is 0 Å². The summed E-state index contributed by atoms with van der Waals surface area (Å²) in [5.41, 5.74) is 1.03. The van der Waals surface area contributed by atoms with Crippen molar-refractivity contribution in [1.29, 1.82) is 0 Å². The van der Waals surface area contributed by atoms with Gasteiger partial charge in [-0.15, -0.1) is 0 Å². The number of hydrogen-bond acceptors (Lipinski definition) is 2. The van der Waals surface area contributed by atoms with Gasteiger partial charge in [-0.25, -0.2) is 0 Å². The number of likely N-dealkylation sites (tertiary alicyclic amines) is 1. The maximum Gasteiger partial charge on any atom is 0.416 e. The van der Waals surface area contributed by atoms with Gasteiger partial charge in [0.15, 0.2) is 0 Å².